The summed E-state index contributed by atoms with van der Waals surface area (Å²) in [7, 11) is 0. The van der Waals surface area contributed by atoms with Gasteiger partial charge in [0.25, 0.3) is 0 Å². The average molecular weight is 363 g/mol. The molecule has 0 unspecified atom stereocenters. The zero-order valence-electron chi connectivity index (χ0n) is 16.0. The molecule has 136 valence electrons. The molecule has 0 saturated heterocycles. The minimum atomic E-state index is 0.480. The van der Waals surface area contributed by atoms with Crippen LogP contribution in [0.2, 0.25) is 0 Å². The van der Waals surface area contributed by atoms with Gasteiger partial charge in [0.2, 0.25) is 0 Å². The Hall–Kier alpha value is -3.39. The van der Waals surface area contributed by atoms with Gasteiger partial charge in [-0.25, -0.2) is 0 Å². The van der Waals surface area contributed by atoms with E-state index in [-0.39, 0.29) is 0 Å². The number of pyridine rings is 1. The Kier molecular flexibility index (Phi) is 3.98. The van der Waals surface area contributed by atoms with Crippen LogP contribution < -0.4 is 0 Å². The van der Waals surface area contributed by atoms with Gasteiger partial charge in [-0.15, -0.1) is 0 Å². The third-order valence-electron chi connectivity index (χ3n) is 5.32. The number of hydrogen-bond acceptors (Lipinski definition) is 2. The Morgan fingerprint density at radius 3 is 2.07 bits per heavy atom. The van der Waals surface area contributed by atoms with E-state index >= 15 is 0 Å². The summed E-state index contributed by atoms with van der Waals surface area (Å²) in [5.41, 5.74) is 7.64. The van der Waals surface area contributed by atoms with Crippen molar-refractivity contribution in [1.29, 1.82) is 0 Å². The van der Waals surface area contributed by atoms with E-state index in [1.165, 1.54) is 16.7 Å². The number of hydrogen-bond donors (Lipinski definition) is 0. The molecule has 2 nitrogen and oxygen atoms in total. The van der Waals surface area contributed by atoms with Crippen molar-refractivity contribution in [3.63, 3.8) is 0 Å². The molecule has 0 aliphatic carbocycles. The molecule has 28 heavy (non-hydrogen) atoms. The third-order valence-corrected chi connectivity index (χ3v) is 5.32. The Bertz CT molecular complexity index is 1280. The number of nitrogens with zero attached hydrogens (tertiary/aromatic N) is 1. The summed E-state index contributed by atoms with van der Waals surface area (Å²) in [4.78, 5) is 4.60. The molecule has 0 amide bonds. The molecule has 0 aliphatic heterocycles. The molecule has 0 saturated carbocycles. The van der Waals surface area contributed by atoms with Gasteiger partial charge in [0, 0.05) is 22.5 Å². The van der Waals surface area contributed by atoms with Crippen molar-refractivity contribution in [2.24, 2.45) is 0 Å². The minimum absolute atomic E-state index is 0.480. The lowest BCUT2D eigenvalue weighted by atomic mass is 9.99. The van der Waals surface area contributed by atoms with Gasteiger partial charge in [-0.05, 0) is 65.1 Å². The lowest BCUT2D eigenvalue weighted by Crippen LogP contribution is -1.90. The van der Waals surface area contributed by atoms with Crippen LogP contribution in [0, 0.1) is 0 Å². The van der Waals surface area contributed by atoms with Crippen LogP contribution in [0.25, 0.3) is 44.3 Å². The van der Waals surface area contributed by atoms with E-state index in [4.69, 9.17) is 4.42 Å². The zero-order valence-corrected chi connectivity index (χ0v) is 16.0. The minimum Gasteiger partial charge on any atom is -0.456 e. The van der Waals surface area contributed by atoms with Crippen molar-refractivity contribution >= 4 is 21.9 Å². The molecular formula is C26H21NO. The normalized spacial score (nSPS) is 11.5. The highest BCUT2D eigenvalue weighted by Gasteiger charge is 2.11. The van der Waals surface area contributed by atoms with Crippen LogP contribution in [-0.4, -0.2) is 4.98 Å². The molecule has 0 radical (unpaired) electrons. The van der Waals surface area contributed by atoms with Crippen molar-refractivity contribution in [3.05, 3.63) is 90.6 Å². The van der Waals surface area contributed by atoms with Crippen LogP contribution in [0.1, 0.15) is 25.3 Å². The van der Waals surface area contributed by atoms with E-state index in [0.29, 0.717) is 5.92 Å². The highest BCUT2D eigenvalue weighted by atomic mass is 16.3. The fraction of sp³-hybridized carbons (Fsp3) is 0.115. The van der Waals surface area contributed by atoms with E-state index in [9.17, 15) is 0 Å². The summed E-state index contributed by atoms with van der Waals surface area (Å²) in [6.07, 6.45) is 1.90. The average Bonchev–Trinajstić information content (AvgIpc) is 3.11. The predicted molar refractivity (Wildman–Crippen MR) is 116 cm³/mol. The first-order valence-corrected chi connectivity index (χ1v) is 9.67. The summed E-state index contributed by atoms with van der Waals surface area (Å²) < 4.78 is 6.08. The first-order chi connectivity index (χ1) is 13.7. The molecule has 0 atom stereocenters. The van der Waals surface area contributed by atoms with Gasteiger partial charge in [-0.2, -0.15) is 0 Å². The quantitative estimate of drug-likeness (QED) is 0.333. The first kappa shape index (κ1) is 16.8. The summed E-state index contributed by atoms with van der Waals surface area (Å²) in [5.74, 6) is 0.480. The molecule has 3 aromatic carbocycles. The van der Waals surface area contributed by atoms with E-state index in [2.05, 4.69) is 91.6 Å². The maximum absolute atomic E-state index is 6.08. The van der Waals surface area contributed by atoms with Crippen LogP contribution >= 0.6 is 0 Å². The molecule has 0 spiro atoms. The van der Waals surface area contributed by atoms with Crippen molar-refractivity contribution in [3.8, 4) is 22.4 Å². The van der Waals surface area contributed by atoms with Crippen LogP contribution in [0.4, 0.5) is 0 Å². The van der Waals surface area contributed by atoms with E-state index in [1.54, 1.807) is 0 Å². The van der Waals surface area contributed by atoms with E-state index < -0.39 is 0 Å². The molecule has 5 rings (SSSR count). The number of rotatable bonds is 3. The van der Waals surface area contributed by atoms with Crippen molar-refractivity contribution < 1.29 is 4.42 Å². The fourth-order valence-corrected chi connectivity index (χ4v) is 3.71. The largest absolute Gasteiger partial charge is 0.456 e. The summed E-state index contributed by atoms with van der Waals surface area (Å²) in [6, 6.07) is 27.5. The molecule has 0 bridgehead atoms. The monoisotopic (exact) mass is 363 g/mol. The van der Waals surface area contributed by atoms with E-state index in [1.807, 2.05) is 12.3 Å². The van der Waals surface area contributed by atoms with Crippen molar-refractivity contribution in [1.82, 2.24) is 4.98 Å². The third kappa shape index (κ3) is 2.87. The molecule has 0 N–H and O–H groups in total. The second-order valence-corrected chi connectivity index (χ2v) is 7.52. The van der Waals surface area contributed by atoms with Crippen LogP contribution in [-0.2, 0) is 0 Å². The summed E-state index contributed by atoms with van der Waals surface area (Å²) in [5, 5.41) is 2.26. The van der Waals surface area contributed by atoms with Gasteiger partial charge in [0.05, 0.1) is 5.69 Å². The highest BCUT2D eigenvalue weighted by Crippen LogP contribution is 2.35. The number of aromatic nitrogens is 1. The van der Waals surface area contributed by atoms with Gasteiger partial charge < -0.3 is 4.42 Å². The Balaban J connectivity index is 1.68. The van der Waals surface area contributed by atoms with Gasteiger partial charge in [0.1, 0.15) is 11.2 Å². The number of furan rings is 1. The summed E-state index contributed by atoms with van der Waals surface area (Å²) in [6.45, 7) is 4.41. The lowest BCUT2D eigenvalue weighted by molar-refractivity contribution is 0.669. The van der Waals surface area contributed by atoms with Crippen molar-refractivity contribution in [2.75, 3.05) is 0 Å². The van der Waals surface area contributed by atoms with Crippen LogP contribution in [0.15, 0.2) is 89.5 Å². The topological polar surface area (TPSA) is 26.0 Å². The van der Waals surface area contributed by atoms with E-state index in [0.717, 1.165) is 33.2 Å². The lowest BCUT2D eigenvalue weighted by Gasteiger charge is -2.07. The summed E-state index contributed by atoms with van der Waals surface area (Å²) >= 11 is 0. The second kappa shape index (κ2) is 6.65. The maximum Gasteiger partial charge on any atom is 0.135 e. The molecule has 0 fully saturated rings. The Morgan fingerprint density at radius 1 is 0.679 bits per heavy atom. The smallest absolute Gasteiger partial charge is 0.135 e. The zero-order chi connectivity index (χ0) is 19.1. The highest BCUT2D eigenvalue weighted by molar-refractivity contribution is 6.07. The molecule has 2 heteroatoms. The molecule has 5 aromatic rings. The fourth-order valence-electron chi connectivity index (χ4n) is 3.71. The van der Waals surface area contributed by atoms with Crippen LogP contribution in [0.3, 0.4) is 0 Å². The molecule has 0 aliphatic rings. The van der Waals surface area contributed by atoms with Crippen molar-refractivity contribution in [2.45, 2.75) is 19.8 Å². The van der Waals surface area contributed by atoms with Gasteiger partial charge in [-0.3, -0.25) is 4.98 Å². The number of benzene rings is 3. The SMILES string of the molecule is CC(C)c1ccnc(-c2ccc3oc4ccc(-c5ccccc5)cc4c3c2)c1. The van der Waals surface area contributed by atoms with Crippen LogP contribution in [0.5, 0.6) is 0 Å². The molecule has 2 aromatic heterocycles. The second-order valence-electron chi connectivity index (χ2n) is 7.52. The first-order valence-electron chi connectivity index (χ1n) is 9.67. The Labute approximate surface area is 164 Å². The molecule has 2 heterocycles. The van der Waals surface area contributed by atoms with Gasteiger partial charge >= 0.3 is 0 Å². The van der Waals surface area contributed by atoms with Gasteiger partial charge in [0.15, 0.2) is 0 Å². The number of fused-ring (bicyclic) bond motifs is 3. The van der Waals surface area contributed by atoms with Gasteiger partial charge in [-0.1, -0.05) is 50.2 Å². The molecular weight excluding hydrogens is 342 g/mol. The standard InChI is InChI=1S/C26H21NO/c1-17(2)19-12-13-27-24(16-19)21-9-11-26-23(15-21)22-14-20(8-10-25(22)28-26)18-6-4-3-5-7-18/h3-17H,1-2H3. The predicted octanol–water partition coefficient (Wildman–Crippen LogP) is 7.44. The maximum atomic E-state index is 6.08. The Morgan fingerprint density at radius 2 is 1.36 bits per heavy atom.